The van der Waals surface area contributed by atoms with Crippen LogP contribution in [0.5, 0.6) is 17.2 Å². The smallest absolute Gasteiger partial charge is 0.343 e. The van der Waals surface area contributed by atoms with Crippen LogP contribution in [0.2, 0.25) is 0 Å². The van der Waals surface area contributed by atoms with Crippen molar-refractivity contribution in [3.05, 3.63) is 144 Å². The normalized spacial score (nSPS) is 10.9. The fraction of sp³-hybridized carbons (Fsp3) is 0.306. The first-order valence-electron chi connectivity index (χ1n) is 20.7. The Bertz CT molecular complexity index is 2230. The van der Waals surface area contributed by atoms with Crippen molar-refractivity contribution in [1.29, 1.82) is 0 Å². The van der Waals surface area contributed by atoms with Crippen LogP contribution in [0.3, 0.4) is 0 Å². The largest absolute Gasteiger partial charge is 0.494 e. The number of hydrogen-bond donors (Lipinski definition) is 0. The number of fused-ring (bicyclic) bond motifs is 1. The Morgan fingerprint density at radius 3 is 1.76 bits per heavy atom. The Kier molecular flexibility index (Phi) is 19.4. The van der Waals surface area contributed by atoms with E-state index in [9.17, 15) is 19.2 Å². The van der Waals surface area contributed by atoms with Crippen LogP contribution in [0.25, 0.3) is 10.2 Å². The Morgan fingerprint density at radius 1 is 0.613 bits per heavy atom. The molecule has 324 valence electrons. The van der Waals surface area contributed by atoms with Gasteiger partial charge in [0.1, 0.15) is 22.3 Å². The zero-order valence-corrected chi connectivity index (χ0v) is 35.6. The van der Waals surface area contributed by atoms with Crippen molar-refractivity contribution in [2.75, 3.05) is 33.0 Å². The molecule has 0 amide bonds. The number of thiazole rings is 1. The number of carbonyl (C=O) groups is 4. The summed E-state index contributed by atoms with van der Waals surface area (Å²) in [4.78, 5) is 57.7. The minimum atomic E-state index is -0.534. The molecule has 0 saturated heterocycles. The van der Waals surface area contributed by atoms with Crippen LogP contribution in [0.1, 0.15) is 88.2 Å². The molecule has 62 heavy (non-hydrogen) atoms. The zero-order valence-electron chi connectivity index (χ0n) is 34.8. The number of aliphatic imine (C=N–C) groups is 1. The molecule has 0 fully saturated rings. The van der Waals surface area contributed by atoms with Gasteiger partial charge in [-0.2, -0.15) is 0 Å². The summed E-state index contributed by atoms with van der Waals surface area (Å²) in [6.07, 6.45) is 11.4. The predicted molar refractivity (Wildman–Crippen MR) is 239 cm³/mol. The average Bonchev–Trinajstić information content (AvgIpc) is 3.72. The zero-order chi connectivity index (χ0) is 43.8. The monoisotopic (exact) mass is 860 g/mol. The number of nitrogens with zero attached hydrogens (tertiary/aromatic N) is 2. The molecule has 0 unspecified atom stereocenters. The molecule has 5 aromatic rings. The Hall–Kier alpha value is -6.60. The highest BCUT2D eigenvalue weighted by molar-refractivity contribution is 7.18. The fourth-order valence-corrected chi connectivity index (χ4v) is 6.90. The van der Waals surface area contributed by atoms with Crippen molar-refractivity contribution >= 4 is 51.6 Å². The van der Waals surface area contributed by atoms with Gasteiger partial charge in [0.25, 0.3) is 0 Å². The van der Waals surface area contributed by atoms with Gasteiger partial charge < -0.3 is 28.4 Å². The Balaban J connectivity index is 1.11. The van der Waals surface area contributed by atoms with E-state index in [0.29, 0.717) is 73.3 Å². The number of benzene rings is 4. The van der Waals surface area contributed by atoms with E-state index in [1.807, 2.05) is 36.4 Å². The van der Waals surface area contributed by atoms with Gasteiger partial charge >= 0.3 is 23.9 Å². The average molecular weight is 861 g/mol. The number of unbranched alkanes of at least 4 members (excludes halogenated alkanes) is 6. The van der Waals surface area contributed by atoms with E-state index in [0.717, 1.165) is 84.3 Å². The van der Waals surface area contributed by atoms with Crippen LogP contribution < -0.4 is 14.2 Å². The molecule has 0 aliphatic heterocycles. The molecule has 0 aliphatic carbocycles. The molecule has 12 nitrogen and oxygen atoms in total. The van der Waals surface area contributed by atoms with Gasteiger partial charge in [-0.25, -0.2) is 24.2 Å². The minimum absolute atomic E-state index is 0.132. The molecule has 5 rings (SSSR count). The second-order valence-corrected chi connectivity index (χ2v) is 15.1. The molecule has 1 heterocycles. The number of ether oxygens (including phenoxy) is 6. The quantitative estimate of drug-likeness (QED) is 0.0124. The lowest BCUT2D eigenvalue weighted by molar-refractivity contribution is -0.138. The van der Waals surface area contributed by atoms with Crippen LogP contribution in [-0.2, 0) is 36.8 Å². The lowest BCUT2D eigenvalue weighted by Gasteiger charge is -2.11. The summed E-state index contributed by atoms with van der Waals surface area (Å²) in [6.45, 7) is 9.06. The molecule has 0 atom stereocenters. The van der Waals surface area contributed by atoms with Crippen molar-refractivity contribution in [3.8, 4) is 17.2 Å². The topological polar surface area (TPSA) is 149 Å². The molecule has 0 saturated carbocycles. The lowest BCUT2D eigenvalue weighted by atomic mass is 10.1. The summed E-state index contributed by atoms with van der Waals surface area (Å²) in [5.41, 5.74) is 3.13. The summed E-state index contributed by atoms with van der Waals surface area (Å²) in [5.74, 6) is -0.170. The standard InChI is InChI=1S/C49H52N2O10S/c1-3-46(52)58-30-13-7-5-11-28-56-40-22-18-37(19-23-40)48(54)60-32-27-36-17-26-43(39(33-36)34-50-35-45-51-42-15-9-10-16-44(42)62-45)61-49(55)38-20-24-41(25-21-38)57-29-12-6-8-14-31-59-47(53)4-2/h3-4,9-10,15-26,33-34H,1-2,5-8,11-14,27-32,35H2/b50-34+. The second-order valence-electron chi connectivity index (χ2n) is 14.0. The van der Waals surface area contributed by atoms with Crippen molar-refractivity contribution in [2.24, 2.45) is 4.99 Å². The number of aromatic nitrogens is 1. The second kappa shape index (κ2) is 25.9. The number of hydrogen-bond acceptors (Lipinski definition) is 13. The molecule has 1 aromatic heterocycles. The maximum Gasteiger partial charge on any atom is 0.343 e. The highest BCUT2D eigenvalue weighted by Gasteiger charge is 2.14. The molecule has 0 aliphatic rings. The molecule has 0 bridgehead atoms. The van der Waals surface area contributed by atoms with Gasteiger partial charge in [0.2, 0.25) is 0 Å². The van der Waals surface area contributed by atoms with Crippen LogP contribution >= 0.6 is 11.3 Å². The number of para-hydroxylation sites is 1. The highest BCUT2D eigenvalue weighted by atomic mass is 32.1. The van der Waals surface area contributed by atoms with Gasteiger partial charge in [0.05, 0.1) is 60.9 Å². The van der Waals surface area contributed by atoms with Gasteiger partial charge in [-0.3, -0.25) is 4.99 Å². The molecule has 0 N–H and O–H groups in total. The predicted octanol–water partition coefficient (Wildman–Crippen LogP) is 9.87. The molecule has 4 aromatic carbocycles. The lowest BCUT2D eigenvalue weighted by Crippen LogP contribution is -2.11. The van der Waals surface area contributed by atoms with Gasteiger partial charge in [-0.05, 0) is 130 Å². The Labute approximate surface area is 366 Å². The van der Waals surface area contributed by atoms with Gasteiger partial charge in [0.15, 0.2) is 0 Å². The summed E-state index contributed by atoms with van der Waals surface area (Å²) in [7, 11) is 0. The summed E-state index contributed by atoms with van der Waals surface area (Å²) >= 11 is 1.57. The maximum atomic E-state index is 13.3. The molecule has 0 spiro atoms. The molecule has 13 heteroatoms. The van der Waals surface area contributed by atoms with E-state index < -0.39 is 23.9 Å². The molecular weight excluding hydrogens is 809 g/mol. The van der Waals surface area contributed by atoms with Gasteiger partial charge in [0, 0.05) is 30.4 Å². The van der Waals surface area contributed by atoms with Crippen molar-refractivity contribution in [3.63, 3.8) is 0 Å². The number of rotatable bonds is 27. The SMILES string of the molecule is C=CC(=O)OCCCCCCOc1ccc(C(=O)OCCc2ccc(OC(=O)c3ccc(OCCCCCCOC(=O)C=C)cc3)c(/C=N/Cc3nc4ccccc4s3)c2)cc1. The van der Waals surface area contributed by atoms with Crippen LogP contribution in [0, 0.1) is 0 Å². The molecular formula is C49H52N2O10S. The maximum absolute atomic E-state index is 13.3. The highest BCUT2D eigenvalue weighted by Crippen LogP contribution is 2.24. The van der Waals surface area contributed by atoms with E-state index in [1.165, 1.54) is 0 Å². The molecule has 0 radical (unpaired) electrons. The van der Waals surface area contributed by atoms with E-state index in [1.54, 1.807) is 72.1 Å². The number of carbonyl (C=O) groups excluding carboxylic acids is 4. The first-order valence-corrected chi connectivity index (χ1v) is 21.5. The summed E-state index contributed by atoms with van der Waals surface area (Å²) in [5, 5.41) is 0.856. The van der Waals surface area contributed by atoms with E-state index in [4.69, 9.17) is 28.4 Å². The van der Waals surface area contributed by atoms with E-state index in [-0.39, 0.29) is 6.61 Å². The first-order chi connectivity index (χ1) is 30.3. The third kappa shape index (κ3) is 16.1. The van der Waals surface area contributed by atoms with Gasteiger partial charge in [-0.15, -0.1) is 11.3 Å². The number of esters is 4. The Morgan fingerprint density at radius 2 is 1.18 bits per heavy atom. The van der Waals surface area contributed by atoms with Gasteiger partial charge in [-0.1, -0.05) is 31.4 Å². The first kappa shape index (κ1) is 46.5. The fourth-order valence-electron chi connectivity index (χ4n) is 5.99. The van der Waals surface area contributed by atoms with Crippen LogP contribution in [0.4, 0.5) is 0 Å². The van der Waals surface area contributed by atoms with Crippen molar-refractivity contribution in [1.82, 2.24) is 4.98 Å². The third-order valence-corrected chi connectivity index (χ3v) is 10.3. The van der Waals surface area contributed by atoms with Crippen LogP contribution in [-0.4, -0.2) is 68.1 Å². The van der Waals surface area contributed by atoms with Crippen molar-refractivity contribution in [2.45, 2.75) is 64.3 Å². The summed E-state index contributed by atoms with van der Waals surface area (Å²) < 4.78 is 34.2. The minimum Gasteiger partial charge on any atom is -0.494 e. The third-order valence-electron chi connectivity index (χ3n) is 9.31. The van der Waals surface area contributed by atoms with Crippen LogP contribution in [0.15, 0.2) is 121 Å². The van der Waals surface area contributed by atoms with Crippen molar-refractivity contribution < 1.29 is 47.6 Å². The van der Waals surface area contributed by atoms with E-state index in [2.05, 4.69) is 23.1 Å². The van der Waals surface area contributed by atoms with E-state index >= 15 is 0 Å². The summed E-state index contributed by atoms with van der Waals surface area (Å²) in [6, 6.07) is 27.0.